The maximum atomic E-state index is 14.3. The van der Waals surface area contributed by atoms with Crippen LogP contribution in [0.25, 0.3) is 0 Å². The lowest BCUT2D eigenvalue weighted by Gasteiger charge is -2.43. The van der Waals surface area contributed by atoms with Crippen molar-refractivity contribution in [3.63, 3.8) is 0 Å². The van der Waals surface area contributed by atoms with Gasteiger partial charge in [-0.05, 0) is 37.8 Å². The second-order valence-electron chi connectivity index (χ2n) is 6.56. The Hall–Kier alpha value is -1.17. The summed E-state index contributed by atoms with van der Waals surface area (Å²) in [4.78, 5) is 2.33. The molecule has 0 bridgehead atoms. The summed E-state index contributed by atoms with van der Waals surface area (Å²) >= 11 is 0. The van der Waals surface area contributed by atoms with E-state index in [4.69, 9.17) is 14.2 Å². The molecule has 0 aromatic heterocycles. The van der Waals surface area contributed by atoms with E-state index < -0.39 is 0 Å². The van der Waals surface area contributed by atoms with Crippen molar-refractivity contribution >= 4 is 0 Å². The molecular formula is C18H26FNO3. The van der Waals surface area contributed by atoms with Gasteiger partial charge in [0.25, 0.3) is 0 Å². The maximum absolute atomic E-state index is 14.3. The molecule has 0 radical (unpaired) electrons. The van der Waals surface area contributed by atoms with Crippen LogP contribution in [-0.2, 0) is 16.0 Å². The third-order valence-corrected chi connectivity index (χ3v) is 5.64. The van der Waals surface area contributed by atoms with Crippen LogP contribution in [0.5, 0.6) is 5.75 Å². The number of benzene rings is 1. The van der Waals surface area contributed by atoms with E-state index in [1.807, 2.05) is 6.07 Å². The van der Waals surface area contributed by atoms with E-state index >= 15 is 0 Å². The first-order valence-corrected chi connectivity index (χ1v) is 8.27. The van der Waals surface area contributed by atoms with Crippen LogP contribution in [0.1, 0.15) is 31.2 Å². The van der Waals surface area contributed by atoms with Crippen LogP contribution in [0.4, 0.5) is 4.39 Å². The van der Waals surface area contributed by atoms with E-state index in [0.29, 0.717) is 17.9 Å². The second kappa shape index (κ2) is 6.75. The van der Waals surface area contributed by atoms with Gasteiger partial charge in [-0.25, -0.2) is 4.39 Å². The molecule has 0 spiro atoms. The minimum absolute atomic E-state index is 0.118. The molecule has 2 aliphatic rings. The van der Waals surface area contributed by atoms with Crippen LogP contribution < -0.4 is 4.74 Å². The summed E-state index contributed by atoms with van der Waals surface area (Å²) in [5.41, 5.74) is 0.509. The van der Waals surface area contributed by atoms with E-state index in [-0.39, 0.29) is 23.6 Å². The quantitative estimate of drug-likeness (QED) is 0.833. The first-order chi connectivity index (χ1) is 11.1. The van der Waals surface area contributed by atoms with Gasteiger partial charge in [-0.3, -0.25) is 4.90 Å². The fourth-order valence-corrected chi connectivity index (χ4v) is 4.25. The maximum Gasteiger partial charge on any atom is 0.131 e. The third-order valence-electron chi connectivity index (χ3n) is 5.64. The molecule has 1 aromatic carbocycles. The highest BCUT2D eigenvalue weighted by Gasteiger charge is 2.51. The van der Waals surface area contributed by atoms with Crippen LogP contribution in [0.3, 0.4) is 0 Å². The Morgan fingerprint density at radius 2 is 2.09 bits per heavy atom. The lowest BCUT2D eigenvalue weighted by atomic mass is 9.79. The van der Waals surface area contributed by atoms with Gasteiger partial charge in [-0.2, -0.15) is 0 Å². The molecule has 1 aliphatic carbocycles. The number of methoxy groups -OCH3 is 3. The summed E-state index contributed by atoms with van der Waals surface area (Å²) in [6.45, 7) is 1.45. The van der Waals surface area contributed by atoms with Gasteiger partial charge in [-0.1, -0.05) is 6.07 Å². The second-order valence-corrected chi connectivity index (χ2v) is 6.56. The molecular weight excluding hydrogens is 297 g/mol. The van der Waals surface area contributed by atoms with E-state index in [0.717, 1.165) is 32.2 Å². The molecule has 0 unspecified atom stereocenters. The zero-order valence-electron chi connectivity index (χ0n) is 14.2. The normalized spacial score (nSPS) is 31.1. The number of hydrogen-bond acceptors (Lipinski definition) is 4. The number of fused-ring (bicyclic) bond motifs is 1. The zero-order valence-corrected chi connectivity index (χ0v) is 14.2. The number of rotatable bonds is 5. The van der Waals surface area contributed by atoms with Crippen LogP contribution >= 0.6 is 0 Å². The SMILES string of the molecule is COc1cccc(F)c1CN1CC[C@]2(OC)CC[C@@H](OC)C[C@H]12. The summed E-state index contributed by atoms with van der Waals surface area (Å²) in [7, 11) is 5.15. The van der Waals surface area contributed by atoms with E-state index in [1.54, 1.807) is 27.4 Å². The molecule has 23 heavy (non-hydrogen) atoms. The highest BCUT2D eigenvalue weighted by atomic mass is 19.1. The third kappa shape index (κ3) is 2.97. The Balaban J connectivity index is 1.83. The Labute approximate surface area is 137 Å². The predicted molar refractivity (Wildman–Crippen MR) is 86.2 cm³/mol. The smallest absolute Gasteiger partial charge is 0.131 e. The molecule has 3 rings (SSSR count). The lowest BCUT2D eigenvalue weighted by Crippen LogP contribution is -2.51. The molecule has 128 valence electrons. The van der Waals surface area contributed by atoms with Crippen molar-refractivity contribution in [2.75, 3.05) is 27.9 Å². The number of nitrogens with zero attached hydrogens (tertiary/aromatic N) is 1. The predicted octanol–water partition coefficient (Wildman–Crippen LogP) is 2.99. The number of likely N-dealkylation sites (tertiary alicyclic amines) is 1. The molecule has 0 amide bonds. The minimum atomic E-state index is -0.210. The van der Waals surface area contributed by atoms with Crippen molar-refractivity contribution in [3.8, 4) is 5.75 Å². The van der Waals surface area contributed by atoms with Crippen molar-refractivity contribution in [2.45, 2.75) is 50.0 Å². The molecule has 3 atom stereocenters. The molecule has 1 saturated carbocycles. The number of hydrogen-bond donors (Lipinski definition) is 0. The number of halogens is 1. The first kappa shape index (κ1) is 16.7. The molecule has 1 saturated heterocycles. The summed E-state index contributed by atoms with van der Waals surface area (Å²) in [5.74, 6) is 0.400. The Morgan fingerprint density at radius 1 is 1.26 bits per heavy atom. The minimum Gasteiger partial charge on any atom is -0.496 e. The highest BCUT2D eigenvalue weighted by molar-refractivity contribution is 5.34. The van der Waals surface area contributed by atoms with Crippen molar-refractivity contribution in [3.05, 3.63) is 29.6 Å². The molecule has 0 N–H and O–H groups in total. The van der Waals surface area contributed by atoms with Crippen molar-refractivity contribution in [2.24, 2.45) is 0 Å². The van der Waals surface area contributed by atoms with Crippen molar-refractivity contribution < 1.29 is 18.6 Å². The summed E-state index contributed by atoms with van der Waals surface area (Å²) in [6, 6.07) is 5.26. The van der Waals surface area contributed by atoms with Crippen LogP contribution in [0.2, 0.25) is 0 Å². The van der Waals surface area contributed by atoms with E-state index in [2.05, 4.69) is 4.90 Å². The van der Waals surface area contributed by atoms with Gasteiger partial charge in [0, 0.05) is 38.9 Å². The largest absolute Gasteiger partial charge is 0.496 e. The van der Waals surface area contributed by atoms with Gasteiger partial charge >= 0.3 is 0 Å². The van der Waals surface area contributed by atoms with Crippen LogP contribution in [-0.4, -0.2) is 50.5 Å². The molecule has 4 nitrogen and oxygen atoms in total. The van der Waals surface area contributed by atoms with Crippen molar-refractivity contribution in [1.82, 2.24) is 4.90 Å². The van der Waals surface area contributed by atoms with Gasteiger partial charge in [0.1, 0.15) is 11.6 Å². The molecule has 2 fully saturated rings. The summed E-state index contributed by atoms with van der Waals surface area (Å²) in [6.07, 6.45) is 4.20. The number of ether oxygens (including phenoxy) is 3. The molecule has 1 aromatic rings. The summed E-state index contributed by atoms with van der Waals surface area (Å²) in [5, 5.41) is 0. The van der Waals surface area contributed by atoms with Gasteiger partial charge in [0.15, 0.2) is 0 Å². The fourth-order valence-electron chi connectivity index (χ4n) is 4.25. The van der Waals surface area contributed by atoms with Gasteiger partial charge < -0.3 is 14.2 Å². The van der Waals surface area contributed by atoms with E-state index in [9.17, 15) is 4.39 Å². The monoisotopic (exact) mass is 323 g/mol. The van der Waals surface area contributed by atoms with Crippen LogP contribution in [0, 0.1) is 5.82 Å². The standard InChI is InChI=1S/C18H26FNO3/c1-21-13-7-8-18(23-3)9-10-20(17(18)11-13)12-14-15(19)5-4-6-16(14)22-2/h4-6,13,17H,7-12H2,1-3H3/t13-,17+,18-/m1/s1. The topological polar surface area (TPSA) is 30.9 Å². The first-order valence-electron chi connectivity index (χ1n) is 8.27. The Kier molecular flexibility index (Phi) is 4.90. The highest BCUT2D eigenvalue weighted by Crippen LogP contribution is 2.44. The zero-order chi connectivity index (χ0) is 16.4. The van der Waals surface area contributed by atoms with Gasteiger partial charge in [-0.15, -0.1) is 0 Å². The van der Waals surface area contributed by atoms with Gasteiger partial charge in [0.2, 0.25) is 0 Å². The Bertz CT molecular complexity index is 553. The fraction of sp³-hybridized carbons (Fsp3) is 0.667. The molecule has 1 aliphatic heterocycles. The van der Waals surface area contributed by atoms with Crippen molar-refractivity contribution in [1.29, 1.82) is 0 Å². The molecule has 5 heteroatoms. The van der Waals surface area contributed by atoms with Crippen LogP contribution in [0.15, 0.2) is 18.2 Å². The van der Waals surface area contributed by atoms with Gasteiger partial charge in [0.05, 0.1) is 18.8 Å². The average Bonchev–Trinajstić information content (AvgIpc) is 2.95. The molecule has 1 heterocycles. The average molecular weight is 323 g/mol. The van der Waals surface area contributed by atoms with E-state index in [1.165, 1.54) is 6.07 Å². The Morgan fingerprint density at radius 3 is 2.78 bits per heavy atom. The lowest BCUT2D eigenvalue weighted by molar-refractivity contribution is -0.0948. The summed E-state index contributed by atoms with van der Waals surface area (Å²) < 4.78 is 31.1.